The summed E-state index contributed by atoms with van der Waals surface area (Å²) in [5, 5.41) is 0. The van der Waals surface area contributed by atoms with Crippen LogP contribution in [0.4, 0.5) is 0 Å². The van der Waals surface area contributed by atoms with Crippen molar-refractivity contribution in [2.45, 2.75) is 32.8 Å². The van der Waals surface area contributed by atoms with Crippen molar-refractivity contribution in [2.75, 3.05) is 13.1 Å². The van der Waals surface area contributed by atoms with E-state index in [1.165, 1.54) is 0 Å². The number of aromatic nitrogens is 4. The third kappa shape index (κ3) is 3.86. The molecule has 1 saturated heterocycles. The van der Waals surface area contributed by atoms with Gasteiger partial charge in [-0.1, -0.05) is 0 Å². The van der Waals surface area contributed by atoms with Crippen molar-refractivity contribution in [1.29, 1.82) is 0 Å². The van der Waals surface area contributed by atoms with E-state index in [4.69, 9.17) is 4.74 Å². The Labute approximate surface area is 157 Å². The van der Waals surface area contributed by atoms with Crippen LogP contribution in [0.5, 0.6) is 6.01 Å². The van der Waals surface area contributed by atoms with Gasteiger partial charge in [0.2, 0.25) is 0 Å². The van der Waals surface area contributed by atoms with Gasteiger partial charge in [-0.25, -0.2) is 9.97 Å². The van der Waals surface area contributed by atoms with Gasteiger partial charge in [0.15, 0.2) is 0 Å². The summed E-state index contributed by atoms with van der Waals surface area (Å²) >= 11 is 0. The Kier molecular flexibility index (Phi) is 4.66. The summed E-state index contributed by atoms with van der Waals surface area (Å²) in [5.41, 5.74) is 3.86. The van der Waals surface area contributed by atoms with Crippen LogP contribution in [0, 0.1) is 13.8 Å². The molecule has 2 aromatic heterocycles. The van der Waals surface area contributed by atoms with E-state index in [1.807, 2.05) is 30.9 Å². The molecule has 27 heavy (non-hydrogen) atoms. The number of nitrogens with zero attached hydrogens (tertiary/aromatic N) is 5. The molecule has 0 saturated carbocycles. The first-order valence-corrected chi connectivity index (χ1v) is 9.07. The summed E-state index contributed by atoms with van der Waals surface area (Å²) in [6, 6.07) is 7.72. The molecule has 1 atom stereocenters. The van der Waals surface area contributed by atoms with Crippen molar-refractivity contribution in [3.63, 3.8) is 0 Å². The molecule has 1 fully saturated rings. The zero-order valence-corrected chi connectivity index (χ0v) is 15.4. The average molecular weight is 363 g/mol. The lowest BCUT2D eigenvalue weighted by molar-refractivity contribution is 0.0515. The summed E-state index contributed by atoms with van der Waals surface area (Å²) in [5.74, 6) is -0.0165. The van der Waals surface area contributed by atoms with E-state index >= 15 is 0 Å². The first-order chi connectivity index (χ1) is 13.1. The number of ether oxygens (including phenoxy) is 1. The number of benzene rings is 1. The van der Waals surface area contributed by atoms with Crippen LogP contribution in [0.2, 0.25) is 0 Å². The molecule has 1 amide bonds. The van der Waals surface area contributed by atoms with Gasteiger partial charge in [-0.2, -0.15) is 0 Å². The lowest BCUT2D eigenvalue weighted by atomic mass is 10.1. The van der Waals surface area contributed by atoms with Crippen LogP contribution in [-0.2, 0) is 0 Å². The van der Waals surface area contributed by atoms with Crippen molar-refractivity contribution in [1.82, 2.24) is 24.8 Å². The molecule has 3 aromatic rings. The standard InChI is InChI=1S/C20H21N5O2/c1-13-10-14(2)24-20(23-13)27-16-4-3-9-25(12-16)19(26)15-5-6-17-18(11-15)22-8-7-21-17/h5-8,10-11,16H,3-4,9,12H2,1-2H3/t16-/m1/s1. The Morgan fingerprint density at radius 1 is 1.07 bits per heavy atom. The Hall–Kier alpha value is -3.09. The van der Waals surface area contributed by atoms with Crippen molar-refractivity contribution in [3.05, 3.63) is 53.6 Å². The highest BCUT2D eigenvalue weighted by atomic mass is 16.5. The van der Waals surface area contributed by atoms with Gasteiger partial charge in [0, 0.05) is 35.9 Å². The second-order valence-electron chi connectivity index (χ2n) is 6.83. The summed E-state index contributed by atoms with van der Waals surface area (Å²) < 4.78 is 5.97. The van der Waals surface area contributed by atoms with Gasteiger partial charge in [0.05, 0.1) is 17.6 Å². The molecule has 0 N–H and O–H groups in total. The van der Waals surface area contributed by atoms with Gasteiger partial charge in [0.25, 0.3) is 5.91 Å². The molecule has 0 aliphatic carbocycles. The van der Waals surface area contributed by atoms with Crippen LogP contribution in [0.1, 0.15) is 34.6 Å². The third-order valence-electron chi connectivity index (χ3n) is 4.62. The monoisotopic (exact) mass is 363 g/mol. The largest absolute Gasteiger partial charge is 0.458 e. The van der Waals surface area contributed by atoms with Crippen LogP contribution in [0.15, 0.2) is 36.7 Å². The van der Waals surface area contributed by atoms with Gasteiger partial charge in [-0.3, -0.25) is 14.8 Å². The van der Waals surface area contributed by atoms with Gasteiger partial charge in [-0.05, 0) is 51.0 Å². The number of likely N-dealkylation sites (tertiary alicyclic amines) is 1. The van der Waals surface area contributed by atoms with Crippen LogP contribution in [0.25, 0.3) is 11.0 Å². The van der Waals surface area contributed by atoms with E-state index in [-0.39, 0.29) is 12.0 Å². The van der Waals surface area contributed by atoms with Crippen molar-refractivity contribution in [2.24, 2.45) is 0 Å². The smallest absolute Gasteiger partial charge is 0.317 e. The SMILES string of the molecule is Cc1cc(C)nc(O[C@@H]2CCCN(C(=O)c3ccc4nccnc4c3)C2)n1. The molecule has 0 unspecified atom stereocenters. The second kappa shape index (κ2) is 7.26. The number of carbonyl (C=O) groups is 1. The fraction of sp³-hybridized carbons (Fsp3) is 0.350. The Bertz CT molecular complexity index is 971. The van der Waals surface area contributed by atoms with Crippen LogP contribution < -0.4 is 4.74 Å². The van der Waals surface area contributed by atoms with E-state index in [0.717, 1.165) is 35.3 Å². The quantitative estimate of drug-likeness (QED) is 0.712. The van der Waals surface area contributed by atoms with Crippen molar-refractivity contribution < 1.29 is 9.53 Å². The molecule has 138 valence electrons. The molecule has 1 aliphatic rings. The van der Waals surface area contributed by atoms with Crippen LogP contribution >= 0.6 is 0 Å². The highest BCUT2D eigenvalue weighted by Gasteiger charge is 2.26. The predicted molar refractivity (Wildman–Crippen MR) is 101 cm³/mol. The second-order valence-corrected chi connectivity index (χ2v) is 6.83. The molecule has 7 nitrogen and oxygen atoms in total. The number of carbonyl (C=O) groups excluding carboxylic acids is 1. The first-order valence-electron chi connectivity index (χ1n) is 9.07. The topological polar surface area (TPSA) is 81.1 Å². The molecule has 0 radical (unpaired) electrons. The molecular weight excluding hydrogens is 342 g/mol. The molecule has 4 rings (SSSR count). The lowest BCUT2D eigenvalue weighted by Crippen LogP contribution is -2.44. The maximum absolute atomic E-state index is 12.9. The van der Waals surface area contributed by atoms with Crippen molar-refractivity contribution >= 4 is 16.9 Å². The van der Waals surface area contributed by atoms with E-state index < -0.39 is 0 Å². The third-order valence-corrected chi connectivity index (χ3v) is 4.62. The highest BCUT2D eigenvalue weighted by molar-refractivity contribution is 5.97. The van der Waals surface area contributed by atoms with Crippen LogP contribution in [-0.4, -0.2) is 49.9 Å². The van der Waals surface area contributed by atoms with E-state index in [0.29, 0.717) is 24.7 Å². The molecule has 1 aromatic carbocycles. The van der Waals surface area contributed by atoms with E-state index in [1.54, 1.807) is 24.5 Å². The molecular formula is C20H21N5O2. The number of hydrogen-bond acceptors (Lipinski definition) is 6. The number of piperidine rings is 1. The summed E-state index contributed by atoms with van der Waals surface area (Å²) in [6.07, 6.45) is 4.93. The maximum atomic E-state index is 12.9. The first kappa shape index (κ1) is 17.3. The van der Waals surface area contributed by atoms with Gasteiger partial charge < -0.3 is 9.64 Å². The van der Waals surface area contributed by atoms with Gasteiger partial charge in [-0.15, -0.1) is 0 Å². The molecule has 0 bridgehead atoms. The molecule has 0 spiro atoms. The zero-order chi connectivity index (χ0) is 18.8. The van der Waals surface area contributed by atoms with E-state index in [2.05, 4.69) is 19.9 Å². The minimum Gasteiger partial charge on any atom is -0.458 e. The van der Waals surface area contributed by atoms with E-state index in [9.17, 15) is 4.79 Å². The fourth-order valence-corrected chi connectivity index (χ4v) is 3.39. The maximum Gasteiger partial charge on any atom is 0.317 e. The highest BCUT2D eigenvalue weighted by Crippen LogP contribution is 2.19. The number of rotatable bonds is 3. The number of aryl methyl sites for hydroxylation is 2. The van der Waals surface area contributed by atoms with Gasteiger partial charge >= 0.3 is 6.01 Å². The fourth-order valence-electron chi connectivity index (χ4n) is 3.39. The zero-order valence-electron chi connectivity index (χ0n) is 15.4. The summed E-state index contributed by atoms with van der Waals surface area (Å²) in [6.45, 7) is 5.07. The van der Waals surface area contributed by atoms with Crippen LogP contribution in [0.3, 0.4) is 0 Å². The Morgan fingerprint density at radius 2 is 1.81 bits per heavy atom. The Morgan fingerprint density at radius 3 is 2.59 bits per heavy atom. The number of amides is 1. The van der Waals surface area contributed by atoms with Gasteiger partial charge in [0.1, 0.15) is 6.10 Å². The molecule has 1 aliphatic heterocycles. The summed E-state index contributed by atoms with van der Waals surface area (Å²) in [7, 11) is 0. The lowest BCUT2D eigenvalue weighted by Gasteiger charge is -2.32. The normalized spacial score (nSPS) is 17.1. The minimum absolute atomic E-state index is 0.0165. The number of hydrogen-bond donors (Lipinski definition) is 0. The number of fused-ring (bicyclic) bond motifs is 1. The predicted octanol–water partition coefficient (Wildman–Crippen LogP) is 2.72. The Balaban J connectivity index is 1.48. The minimum atomic E-state index is -0.107. The summed E-state index contributed by atoms with van der Waals surface area (Å²) in [4.78, 5) is 32.0. The van der Waals surface area contributed by atoms with Crippen molar-refractivity contribution in [3.8, 4) is 6.01 Å². The molecule has 3 heterocycles. The molecule has 7 heteroatoms. The average Bonchev–Trinajstić information content (AvgIpc) is 2.66.